The van der Waals surface area contributed by atoms with E-state index in [1.807, 2.05) is 7.05 Å². The highest BCUT2D eigenvalue weighted by Gasteiger charge is 2.24. The van der Waals surface area contributed by atoms with Gasteiger partial charge in [-0.1, -0.05) is 23.7 Å². The fraction of sp³-hybridized carbons (Fsp3) is 0.417. The van der Waals surface area contributed by atoms with Crippen molar-refractivity contribution in [3.63, 3.8) is 0 Å². The molecule has 1 fully saturated rings. The fourth-order valence-electron chi connectivity index (χ4n) is 4.28. The molecule has 0 bridgehead atoms. The van der Waals surface area contributed by atoms with E-state index in [0.717, 1.165) is 41.8 Å². The summed E-state index contributed by atoms with van der Waals surface area (Å²) in [4.78, 5) is 22.4. The molecule has 1 amide bonds. The molecule has 0 radical (unpaired) electrons. The molecule has 0 saturated carbocycles. The first-order chi connectivity index (χ1) is 16.3. The van der Waals surface area contributed by atoms with Crippen molar-refractivity contribution >= 4 is 49.5 Å². The largest absolute Gasteiger partial charge is 0.340 e. The molecule has 0 atom stereocenters. The minimum absolute atomic E-state index is 0.0112. The second-order valence-electron chi connectivity index (χ2n) is 8.36. The van der Waals surface area contributed by atoms with Crippen LogP contribution in [0.5, 0.6) is 0 Å². The zero-order chi connectivity index (χ0) is 24.3. The van der Waals surface area contributed by atoms with Crippen LogP contribution in [0.4, 0.5) is 0 Å². The highest BCUT2D eigenvalue weighted by molar-refractivity contribution is 7.91. The quantitative estimate of drug-likeness (QED) is 0.478. The lowest BCUT2D eigenvalue weighted by atomic mass is 10.1. The van der Waals surface area contributed by atoms with Gasteiger partial charge in [-0.2, -0.15) is 0 Å². The molecule has 182 valence electrons. The number of sulfone groups is 1. The van der Waals surface area contributed by atoms with Crippen molar-refractivity contribution in [3.05, 3.63) is 57.3 Å². The first-order valence-electron chi connectivity index (χ1n) is 11.3. The highest BCUT2D eigenvalue weighted by Crippen LogP contribution is 2.23. The summed E-state index contributed by atoms with van der Waals surface area (Å²) in [5.41, 5.74) is 1.23. The third-order valence-electron chi connectivity index (χ3n) is 6.21. The van der Waals surface area contributed by atoms with Crippen molar-refractivity contribution in [3.8, 4) is 0 Å². The van der Waals surface area contributed by atoms with Gasteiger partial charge in [-0.25, -0.2) is 8.42 Å². The minimum Gasteiger partial charge on any atom is -0.340 e. The zero-order valence-electron chi connectivity index (χ0n) is 19.4. The summed E-state index contributed by atoms with van der Waals surface area (Å²) in [6.45, 7) is 6.57. The Labute approximate surface area is 209 Å². The molecule has 3 aromatic rings. The van der Waals surface area contributed by atoms with Crippen LogP contribution in [0, 0.1) is 0 Å². The SMILES string of the molecule is CCn1c(CN2CCN(C(=O)CCS(=O)(=O)c3ccc4cc(Cl)ccc4c3)CC2)cs/c1=N\C. The summed E-state index contributed by atoms with van der Waals surface area (Å²) in [5, 5.41) is 4.44. The topological polar surface area (TPSA) is 75.0 Å². The Bertz CT molecular complexity index is 1360. The number of piperazine rings is 1. The van der Waals surface area contributed by atoms with Crippen molar-refractivity contribution in [1.82, 2.24) is 14.4 Å². The monoisotopic (exact) mass is 520 g/mol. The lowest BCUT2D eigenvalue weighted by Gasteiger charge is -2.34. The summed E-state index contributed by atoms with van der Waals surface area (Å²) in [6, 6.07) is 10.3. The smallest absolute Gasteiger partial charge is 0.223 e. The van der Waals surface area contributed by atoms with Crippen molar-refractivity contribution in [2.24, 2.45) is 4.99 Å². The summed E-state index contributed by atoms with van der Waals surface area (Å²) < 4.78 is 27.9. The lowest BCUT2D eigenvalue weighted by molar-refractivity contribution is -0.132. The Hall–Kier alpha value is -2.20. The van der Waals surface area contributed by atoms with Crippen LogP contribution in [0.3, 0.4) is 0 Å². The van der Waals surface area contributed by atoms with Crippen molar-refractivity contribution in [2.45, 2.75) is 31.3 Å². The molecule has 2 heterocycles. The number of carbonyl (C=O) groups is 1. The van der Waals surface area contributed by atoms with Crippen LogP contribution in [0.15, 0.2) is 51.7 Å². The van der Waals surface area contributed by atoms with Crippen LogP contribution in [0.1, 0.15) is 19.0 Å². The molecule has 0 N–H and O–H groups in total. The maximum atomic E-state index is 12.9. The summed E-state index contributed by atoms with van der Waals surface area (Å²) in [7, 11) is -1.75. The van der Waals surface area contributed by atoms with Gasteiger partial charge in [0, 0.05) is 68.8 Å². The number of aromatic nitrogens is 1. The number of rotatable bonds is 7. The number of halogens is 1. The number of nitrogens with zero attached hydrogens (tertiary/aromatic N) is 4. The van der Waals surface area contributed by atoms with E-state index in [0.29, 0.717) is 18.1 Å². The first-order valence-corrected chi connectivity index (χ1v) is 14.2. The average molecular weight is 521 g/mol. The average Bonchev–Trinajstić information content (AvgIpc) is 3.24. The van der Waals surface area contributed by atoms with Gasteiger partial charge in [0.1, 0.15) is 0 Å². The first kappa shape index (κ1) is 24.9. The number of amides is 1. The number of hydrogen-bond donors (Lipinski definition) is 0. The van der Waals surface area contributed by atoms with Crippen LogP contribution in [-0.4, -0.2) is 67.7 Å². The van der Waals surface area contributed by atoms with Crippen molar-refractivity contribution in [2.75, 3.05) is 39.0 Å². The summed E-state index contributed by atoms with van der Waals surface area (Å²) in [5.74, 6) is -0.304. The normalized spacial score (nSPS) is 15.9. The molecule has 0 unspecified atom stereocenters. The molecular weight excluding hydrogens is 492 g/mol. The van der Waals surface area contributed by atoms with Gasteiger partial charge < -0.3 is 9.47 Å². The molecule has 2 aromatic carbocycles. The van der Waals surface area contributed by atoms with Crippen LogP contribution >= 0.6 is 22.9 Å². The number of fused-ring (bicyclic) bond motifs is 1. The fourth-order valence-corrected chi connectivity index (χ4v) is 6.64. The molecule has 10 heteroatoms. The van der Waals surface area contributed by atoms with Crippen molar-refractivity contribution < 1.29 is 13.2 Å². The Balaban J connectivity index is 1.32. The van der Waals surface area contributed by atoms with E-state index < -0.39 is 9.84 Å². The molecule has 1 saturated heterocycles. The van der Waals surface area contributed by atoms with Gasteiger partial charge >= 0.3 is 0 Å². The van der Waals surface area contributed by atoms with E-state index in [9.17, 15) is 13.2 Å². The molecule has 1 aliphatic heterocycles. The van der Waals surface area contributed by atoms with Crippen LogP contribution < -0.4 is 4.80 Å². The molecule has 0 aliphatic carbocycles. The zero-order valence-corrected chi connectivity index (χ0v) is 21.8. The van der Waals surface area contributed by atoms with Gasteiger partial charge in [-0.15, -0.1) is 11.3 Å². The van der Waals surface area contributed by atoms with Crippen LogP contribution in [0.25, 0.3) is 10.8 Å². The number of carbonyl (C=O) groups excluding carboxylic acids is 1. The Kier molecular flexibility index (Phi) is 7.77. The Morgan fingerprint density at radius 2 is 1.79 bits per heavy atom. The van der Waals surface area contributed by atoms with E-state index in [1.54, 1.807) is 52.6 Å². The van der Waals surface area contributed by atoms with Gasteiger partial charge in [-0.3, -0.25) is 14.7 Å². The highest BCUT2D eigenvalue weighted by atomic mass is 35.5. The summed E-state index contributed by atoms with van der Waals surface area (Å²) >= 11 is 7.65. The minimum atomic E-state index is -3.56. The third-order valence-corrected chi connectivity index (χ3v) is 9.17. The van der Waals surface area contributed by atoms with Gasteiger partial charge in [0.25, 0.3) is 0 Å². The summed E-state index contributed by atoms with van der Waals surface area (Å²) in [6.07, 6.45) is -0.0112. The maximum Gasteiger partial charge on any atom is 0.223 e. The molecule has 0 spiro atoms. The molecule has 7 nitrogen and oxygen atoms in total. The van der Waals surface area contributed by atoms with E-state index in [-0.39, 0.29) is 23.0 Å². The van der Waals surface area contributed by atoms with Crippen LogP contribution in [-0.2, 0) is 27.7 Å². The van der Waals surface area contributed by atoms with Gasteiger partial charge in [-0.05, 0) is 42.0 Å². The number of thiazole rings is 1. The predicted octanol–water partition coefficient (Wildman–Crippen LogP) is 3.41. The van der Waals surface area contributed by atoms with Gasteiger partial charge in [0.05, 0.1) is 10.6 Å². The molecule has 1 aromatic heterocycles. The standard InChI is InChI=1S/C24H29ClN4O3S2/c1-3-29-21(17-33-24(29)26-2)16-27-9-11-28(12-10-27)23(30)8-13-34(31,32)22-7-5-18-14-20(25)6-4-19(18)15-22/h4-7,14-15,17H,3,8-13,16H2,1-2H3/b26-24-. The second-order valence-corrected chi connectivity index (χ2v) is 11.7. The molecular formula is C24H29ClN4O3S2. The third kappa shape index (κ3) is 5.54. The Morgan fingerprint density at radius 1 is 1.09 bits per heavy atom. The van der Waals surface area contributed by atoms with Crippen molar-refractivity contribution in [1.29, 1.82) is 0 Å². The molecule has 1 aliphatic rings. The number of hydrogen-bond acceptors (Lipinski definition) is 6. The number of benzene rings is 2. The molecule has 4 rings (SSSR count). The van der Waals surface area contributed by atoms with Crippen LogP contribution in [0.2, 0.25) is 5.02 Å². The molecule has 34 heavy (non-hydrogen) atoms. The Morgan fingerprint density at radius 3 is 2.50 bits per heavy atom. The second kappa shape index (κ2) is 10.6. The van der Waals surface area contributed by atoms with E-state index in [2.05, 4.69) is 26.8 Å². The lowest BCUT2D eigenvalue weighted by Crippen LogP contribution is -2.48. The van der Waals surface area contributed by atoms with E-state index in [4.69, 9.17) is 11.6 Å². The predicted molar refractivity (Wildman–Crippen MR) is 137 cm³/mol. The maximum absolute atomic E-state index is 12.9. The van der Waals surface area contributed by atoms with E-state index >= 15 is 0 Å². The van der Waals surface area contributed by atoms with E-state index in [1.165, 1.54) is 5.69 Å². The van der Waals surface area contributed by atoms with Gasteiger partial charge in [0.2, 0.25) is 5.91 Å². The van der Waals surface area contributed by atoms with Gasteiger partial charge in [0.15, 0.2) is 14.6 Å².